The SMILES string of the molecule is CN(C)N=C1CC[C](c2cccc(C(C)(C)C)c2)CC1. The van der Waals surface area contributed by atoms with Gasteiger partial charge in [-0.15, -0.1) is 0 Å². The maximum absolute atomic E-state index is 4.56. The summed E-state index contributed by atoms with van der Waals surface area (Å²) in [5, 5.41) is 6.48. The third-order valence-electron chi connectivity index (χ3n) is 3.91. The van der Waals surface area contributed by atoms with Crippen LogP contribution < -0.4 is 0 Å². The maximum atomic E-state index is 4.56. The quantitative estimate of drug-likeness (QED) is 0.728. The molecule has 1 saturated carbocycles. The van der Waals surface area contributed by atoms with E-state index < -0.39 is 0 Å². The van der Waals surface area contributed by atoms with Crippen molar-refractivity contribution in [2.45, 2.75) is 51.9 Å². The molecule has 1 aromatic carbocycles. The molecule has 1 radical (unpaired) electrons. The molecule has 1 fully saturated rings. The molecule has 0 aliphatic heterocycles. The first kappa shape index (κ1) is 15.1. The van der Waals surface area contributed by atoms with E-state index in [1.165, 1.54) is 16.8 Å². The summed E-state index contributed by atoms with van der Waals surface area (Å²) >= 11 is 0. The Labute approximate surface area is 123 Å². The van der Waals surface area contributed by atoms with Gasteiger partial charge < -0.3 is 5.01 Å². The zero-order valence-electron chi connectivity index (χ0n) is 13.5. The van der Waals surface area contributed by atoms with Gasteiger partial charge in [-0.2, -0.15) is 5.10 Å². The van der Waals surface area contributed by atoms with E-state index in [4.69, 9.17) is 0 Å². The molecule has 0 aromatic heterocycles. The van der Waals surface area contributed by atoms with Crippen molar-refractivity contribution >= 4 is 5.71 Å². The standard InChI is InChI=1S/C18H27N2/c1-18(2,3)16-8-6-7-15(13-16)14-9-11-17(12-10-14)19-20(4)5/h6-8,13H,9-12H2,1-5H3. The van der Waals surface area contributed by atoms with Gasteiger partial charge in [0.15, 0.2) is 0 Å². The first-order chi connectivity index (χ1) is 9.36. The van der Waals surface area contributed by atoms with E-state index in [9.17, 15) is 0 Å². The van der Waals surface area contributed by atoms with Gasteiger partial charge in [-0.3, -0.25) is 0 Å². The van der Waals surface area contributed by atoms with Gasteiger partial charge in [0.25, 0.3) is 0 Å². The zero-order valence-corrected chi connectivity index (χ0v) is 13.5. The molecule has 0 spiro atoms. The fraction of sp³-hybridized carbons (Fsp3) is 0.556. The molecule has 2 rings (SSSR count). The van der Waals surface area contributed by atoms with Crippen LogP contribution in [-0.2, 0) is 5.41 Å². The molecular weight excluding hydrogens is 244 g/mol. The van der Waals surface area contributed by atoms with Crippen LogP contribution in [0.5, 0.6) is 0 Å². The fourth-order valence-corrected chi connectivity index (χ4v) is 2.72. The third kappa shape index (κ3) is 3.84. The minimum Gasteiger partial charge on any atom is -0.303 e. The summed E-state index contributed by atoms with van der Waals surface area (Å²) < 4.78 is 0. The average molecular weight is 271 g/mol. The Morgan fingerprint density at radius 2 is 1.65 bits per heavy atom. The van der Waals surface area contributed by atoms with Crippen molar-refractivity contribution in [2.24, 2.45) is 5.10 Å². The Bertz CT molecular complexity index is 470. The van der Waals surface area contributed by atoms with E-state index in [0.717, 1.165) is 25.7 Å². The zero-order chi connectivity index (χ0) is 14.8. The van der Waals surface area contributed by atoms with Crippen LogP contribution in [0.2, 0.25) is 0 Å². The van der Waals surface area contributed by atoms with E-state index in [2.05, 4.69) is 50.1 Å². The maximum Gasteiger partial charge on any atom is 0.0381 e. The largest absolute Gasteiger partial charge is 0.303 e. The Hall–Kier alpha value is -1.31. The number of benzene rings is 1. The van der Waals surface area contributed by atoms with Crippen molar-refractivity contribution in [3.8, 4) is 0 Å². The van der Waals surface area contributed by atoms with Gasteiger partial charge in [-0.25, -0.2) is 0 Å². The second-order valence-corrected chi connectivity index (χ2v) is 6.95. The number of hydrogen-bond donors (Lipinski definition) is 0. The smallest absolute Gasteiger partial charge is 0.0381 e. The highest BCUT2D eigenvalue weighted by atomic mass is 15.4. The highest BCUT2D eigenvalue weighted by Crippen LogP contribution is 2.33. The number of hydrogen-bond acceptors (Lipinski definition) is 2. The van der Waals surface area contributed by atoms with Crippen molar-refractivity contribution in [2.75, 3.05) is 14.1 Å². The van der Waals surface area contributed by atoms with Gasteiger partial charge >= 0.3 is 0 Å². The monoisotopic (exact) mass is 271 g/mol. The Balaban J connectivity index is 2.08. The molecule has 0 atom stereocenters. The van der Waals surface area contributed by atoms with Crippen molar-refractivity contribution in [3.05, 3.63) is 41.3 Å². The second kappa shape index (κ2) is 5.99. The van der Waals surface area contributed by atoms with E-state index in [-0.39, 0.29) is 5.41 Å². The second-order valence-electron chi connectivity index (χ2n) is 6.95. The summed E-state index contributed by atoms with van der Waals surface area (Å²) in [6.07, 6.45) is 4.51. The van der Waals surface area contributed by atoms with Crippen molar-refractivity contribution in [3.63, 3.8) is 0 Å². The van der Waals surface area contributed by atoms with Gasteiger partial charge in [-0.1, -0.05) is 45.0 Å². The lowest BCUT2D eigenvalue weighted by Crippen LogP contribution is -2.18. The lowest BCUT2D eigenvalue weighted by molar-refractivity contribution is 0.432. The van der Waals surface area contributed by atoms with E-state index in [1.807, 2.05) is 19.1 Å². The van der Waals surface area contributed by atoms with Gasteiger partial charge in [-0.05, 0) is 42.2 Å². The first-order valence-corrected chi connectivity index (χ1v) is 7.55. The molecule has 0 N–H and O–H groups in total. The number of hydrazone groups is 1. The van der Waals surface area contributed by atoms with Gasteiger partial charge in [0.1, 0.15) is 0 Å². The van der Waals surface area contributed by atoms with Crippen LogP contribution >= 0.6 is 0 Å². The van der Waals surface area contributed by atoms with Crippen molar-refractivity contribution in [1.29, 1.82) is 0 Å². The minimum atomic E-state index is 0.225. The molecule has 2 nitrogen and oxygen atoms in total. The molecule has 1 aromatic rings. The molecule has 0 saturated heterocycles. The summed E-state index contributed by atoms with van der Waals surface area (Å²) in [4.78, 5) is 0. The van der Waals surface area contributed by atoms with Crippen LogP contribution in [0.25, 0.3) is 0 Å². The summed E-state index contributed by atoms with van der Waals surface area (Å²) in [6, 6.07) is 9.08. The molecule has 0 unspecified atom stereocenters. The number of rotatable bonds is 2. The lowest BCUT2D eigenvalue weighted by atomic mass is 9.80. The highest BCUT2D eigenvalue weighted by molar-refractivity contribution is 5.85. The van der Waals surface area contributed by atoms with Crippen LogP contribution in [0, 0.1) is 5.92 Å². The molecule has 109 valence electrons. The fourth-order valence-electron chi connectivity index (χ4n) is 2.72. The van der Waals surface area contributed by atoms with Crippen LogP contribution in [-0.4, -0.2) is 24.8 Å². The first-order valence-electron chi connectivity index (χ1n) is 7.55. The normalized spacial score (nSPS) is 17.1. The summed E-state index contributed by atoms with van der Waals surface area (Å²) in [5.74, 6) is 1.59. The lowest BCUT2D eigenvalue weighted by Gasteiger charge is -2.26. The van der Waals surface area contributed by atoms with Gasteiger partial charge in [0.05, 0.1) is 0 Å². The minimum absolute atomic E-state index is 0.225. The third-order valence-corrected chi connectivity index (χ3v) is 3.91. The van der Waals surface area contributed by atoms with Crippen LogP contribution in [0.1, 0.15) is 57.6 Å². The number of nitrogens with zero attached hydrogens (tertiary/aromatic N) is 2. The van der Waals surface area contributed by atoms with Gasteiger partial charge in [0, 0.05) is 25.7 Å². The Morgan fingerprint density at radius 1 is 1.00 bits per heavy atom. The molecule has 1 aliphatic rings. The van der Waals surface area contributed by atoms with E-state index in [0.29, 0.717) is 0 Å². The Kier molecular flexibility index (Phi) is 4.52. The molecule has 0 bridgehead atoms. The van der Waals surface area contributed by atoms with Crippen molar-refractivity contribution in [1.82, 2.24) is 5.01 Å². The molecule has 0 heterocycles. The van der Waals surface area contributed by atoms with E-state index >= 15 is 0 Å². The highest BCUT2D eigenvalue weighted by Gasteiger charge is 2.22. The Morgan fingerprint density at radius 3 is 2.20 bits per heavy atom. The van der Waals surface area contributed by atoms with E-state index in [1.54, 1.807) is 5.92 Å². The molecule has 20 heavy (non-hydrogen) atoms. The predicted molar refractivity (Wildman–Crippen MR) is 87.1 cm³/mol. The van der Waals surface area contributed by atoms with Gasteiger partial charge in [0.2, 0.25) is 0 Å². The summed E-state index contributed by atoms with van der Waals surface area (Å²) in [5.41, 5.74) is 4.42. The summed E-state index contributed by atoms with van der Waals surface area (Å²) in [6.45, 7) is 6.83. The molecule has 0 amide bonds. The molecule has 1 aliphatic carbocycles. The topological polar surface area (TPSA) is 15.6 Å². The van der Waals surface area contributed by atoms with Crippen molar-refractivity contribution < 1.29 is 0 Å². The average Bonchev–Trinajstić information content (AvgIpc) is 2.38. The summed E-state index contributed by atoms with van der Waals surface area (Å²) in [7, 11) is 4.00. The molecule has 2 heteroatoms. The predicted octanol–water partition coefficient (Wildman–Crippen LogP) is 4.40. The van der Waals surface area contributed by atoms with Crippen LogP contribution in [0.4, 0.5) is 0 Å². The molecular formula is C18H27N2. The van der Waals surface area contributed by atoms with Crippen LogP contribution in [0.15, 0.2) is 29.4 Å². The van der Waals surface area contributed by atoms with Crippen LogP contribution in [0.3, 0.4) is 0 Å².